The second kappa shape index (κ2) is 7.52. The van der Waals surface area contributed by atoms with Crippen molar-refractivity contribution in [2.24, 2.45) is 16.1 Å². The second-order valence-corrected chi connectivity index (χ2v) is 9.04. The highest BCUT2D eigenvalue weighted by Gasteiger charge is 2.66. The van der Waals surface area contributed by atoms with Crippen LogP contribution < -0.4 is 15.2 Å². The van der Waals surface area contributed by atoms with Gasteiger partial charge in [-0.25, -0.2) is 4.99 Å². The first-order chi connectivity index (χ1) is 15.4. The molecule has 2 N–H and O–H groups in total. The number of hydrogen-bond donors (Lipinski definition) is 1. The van der Waals surface area contributed by atoms with Crippen LogP contribution in [0.4, 0.5) is 0 Å². The Morgan fingerprint density at radius 3 is 2.44 bits per heavy atom. The molecule has 0 radical (unpaired) electrons. The number of nitrogens with zero attached hydrogens (tertiary/aromatic N) is 2. The van der Waals surface area contributed by atoms with Crippen molar-refractivity contribution in [1.29, 1.82) is 0 Å². The Hall–Kier alpha value is -3.06. The van der Waals surface area contributed by atoms with Crippen molar-refractivity contribution in [3.8, 4) is 17.2 Å². The van der Waals surface area contributed by atoms with Gasteiger partial charge in [0.15, 0.2) is 11.5 Å². The van der Waals surface area contributed by atoms with E-state index in [1.807, 2.05) is 36.4 Å². The zero-order chi connectivity index (χ0) is 22.5. The summed E-state index contributed by atoms with van der Waals surface area (Å²) >= 11 is 0. The average molecular weight is 436 g/mol. The fourth-order valence-corrected chi connectivity index (χ4v) is 5.77. The van der Waals surface area contributed by atoms with Gasteiger partial charge < -0.3 is 19.9 Å². The first-order valence-corrected chi connectivity index (χ1v) is 11.0. The number of fused-ring (bicyclic) bond motifs is 3. The van der Waals surface area contributed by atoms with E-state index in [4.69, 9.17) is 24.9 Å². The largest absolute Gasteiger partial charge is 0.497 e. The van der Waals surface area contributed by atoms with Crippen molar-refractivity contribution >= 4 is 11.9 Å². The number of amides is 1. The zero-order valence-electron chi connectivity index (χ0n) is 18.8. The molecule has 1 amide bonds. The summed E-state index contributed by atoms with van der Waals surface area (Å²) < 4.78 is 17.1. The Labute approximate surface area is 188 Å². The molecule has 0 bridgehead atoms. The number of nitrogens with two attached hydrogens (primary N) is 1. The van der Waals surface area contributed by atoms with Gasteiger partial charge in [0.25, 0.3) is 5.91 Å². The van der Waals surface area contributed by atoms with Gasteiger partial charge in [0.2, 0.25) is 0 Å². The molecule has 7 nitrogen and oxygen atoms in total. The minimum atomic E-state index is -1.01. The monoisotopic (exact) mass is 435 g/mol. The van der Waals surface area contributed by atoms with Crippen molar-refractivity contribution in [3.63, 3.8) is 0 Å². The lowest BCUT2D eigenvalue weighted by atomic mass is 9.61. The molecular weight excluding hydrogens is 406 g/mol. The lowest BCUT2D eigenvalue weighted by Crippen LogP contribution is -2.51. The number of methoxy groups -OCH3 is 2. The maximum atomic E-state index is 13.7. The average Bonchev–Trinajstić information content (AvgIpc) is 3.21. The van der Waals surface area contributed by atoms with Crippen LogP contribution in [-0.4, -0.2) is 44.1 Å². The molecule has 1 heterocycles. The third-order valence-corrected chi connectivity index (χ3v) is 7.51. The molecular formula is C25H29N3O4. The highest BCUT2D eigenvalue weighted by Crippen LogP contribution is 2.62. The number of carbonyl (C=O) groups is 1. The Kier molecular flexibility index (Phi) is 4.89. The van der Waals surface area contributed by atoms with Gasteiger partial charge in [-0.05, 0) is 67.5 Å². The fourth-order valence-electron chi connectivity index (χ4n) is 5.77. The number of ether oxygens (including phenoxy) is 3. The van der Waals surface area contributed by atoms with Gasteiger partial charge >= 0.3 is 0 Å². The summed E-state index contributed by atoms with van der Waals surface area (Å²) in [5.74, 6) is 2.27. The van der Waals surface area contributed by atoms with E-state index in [1.165, 1.54) is 4.90 Å². The van der Waals surface area contributed by atoms with Gasteiger partial charge in [0.1, 0.15) is 17.2 Å². The van der Waals surface area contributed by atoms with Crippen LogP contribution in [-0.2, 0) is 21.5 Å². The standard InChI is InChI=1S/C25H29N3O4/c1-28-22(29)25(27-23(28)26)21-14-20(32-19-6-4-5-18(13-19)31-3)8-7-16(21)15-24(25)11-9-17(30-2)10-12-24/h4-8,13-14,17H,9-12,15H2,1-3H3,(H2,26,27). The van der Waals surface area contributed by atoms with Crippen LogP contribution in [0.5, 0.6) is 17.2 Å². The number of benzene rings is 2. The molecule has 32 heavy (non-hydrogen) atoms. The first-order valence-electron chi connectivity index (χ1n) is 11.0. The van der Waals surface area contributed by atoms with E-state index in [0.717, 1.165) is 49.0 Å². The van der Waals surface area contributed by atoms with Gasteiger partial charge in [-0.15, -0.1) is 0 Å². The Bertz CT molecular complexity index is 1090. The predicted octanol–water partition coefficient (Wildman–Crippen LogP) is 3.60. The quantitative estimate of drug-likeness (QED) is 0.793. The normalized spacial score (nSPS) is 28.8. The van der Waals surface area contributed by atoms with Gasteiger partial charge in [-0.2, -0.15) is 0 Å². The molecule has 2 aromatic rings. The number of guanidine groups is 1. The van der Waals surface area contributed by atoms with Crippen molar-refractivity contribution in [2.45, 2.75) is 43.7 Å². The summed E-state index contributed by atoms with van der Waals surface area (Å²) in [7, 11) is 5.09. The summed E-state index contributed by atoms with van der Waals surface area (Å²) in [6.07, 6.45) is 4.57. The molecule has 2 spiro atoms. The lowest BCUT2D eigenvalue weighted by molar-refractivity contribution is -0.137. The molecule has 1 saturated carbocycles. The van der Waals surface area contributed by atoms with E-state index in [0.29, 0.717) is 11.5 Å². The summed E-state index contributed by atoms with van der Waals surface area (Å²) in [5, 5.41) is 0. The summed E-state index contributed by atoms with van der Waals surface area (Å²) in [6, 6.07) is 13.5. The third-order valence-electron chi connectivity index (χ3n) is 7.51. The summed E-state index contributed by atoms with van der Waals surface area (Å²) in [6.45, 7) is 0. The lowest BCUT2D eigenvalue weighted by Gasteiger charge is -2.45. The molecule has 5 rings (SSSR count). The molecule has 0 aromatic heterocycles. The molecule has 1 aliphatic heterocycles. The smallest absolute Gasteiger partial charge is 0.262 e. The number of hydrogen-bond acceptors (Lipinski definition) is 6. The Morgan fingerprint density at radius 2 is 1.78 bits per heavy atom. The molecule has 0 saturated heterocycles. The van der Waals surface area contributed by atoms with Crippen LogP contribution >= 0.6 is 0 Å². The van der Waals surface area contributed by atoms with E-state index in [1.54, 1.807) is 21.3 Å². The molecule has 2 aliphatic carbocycles. The van der Waals surface area contributed by atoms with E-state index in [9.17, 15) is 4.79 Å². The molecule has 1 atom stereocenters. The maximum Gasteiger partial charge on any atom is 0.262 e. The Morgan fingerprint density at radius 1 is 1.06 bits per heavy atom. The van der Waals surface area contributed by atoms with E-state index >= 15 is 0 Å². The summed E-state index contributed by atoms with van der Waals surface area (Å²) in [5.41, 5.74) is 6.94. The van der Waals surface area contributed by atoms with Crippen LogP contribution in [0.3, 0.4) is 0 Å². The Balaban J connectivity index is 1.57. The molecule has 1 fully saturated rings. The predicted molar refractivity (Wildman–Crippen MR) is 121 cm³/mol. The van der Waals surface area contributed by atoms with Gasteiger partial charge in [-0.1, -0.05) is 12.1 Å². The first kappa shape index (κ1) is 20.8. The van der Waals surface area contributed by atoms with Gasteiger partial charge in [0.05, 0.1) is 13.2 Å². The molecule has 2 aromatic carbocycles. The SMILES string of the molecule is COc1cccc(Oc2ccc3c(c2)C2(N=C(N)N(C)C2=O)C2(CCC(OC)CC2)C3)c1. The maximum absolute atomic E-state index is 13.7. The fraction of sp³-hybridized carbons (Fsp3) is 0.440. The van der Waals surface area contributed by atoms with Crippen molar-refractivity contribution in [2.75, 3.05) is 21.3 Å². The highest BCUT2D eigenvalue weighted by molar-refractivity contribution is 6.08. The van der Waals surface area contributed by atoms with Crippen LogP contribution in [0, 0.1) is 5.41 Å². The van der Waals surface area contributed by atoms with E-state index in [2.05, 4.69) is 6.07 Å². The van der Waals surface area contributed by atoms with Crippen molar-refractivity contribution in [1.82, 2.24) is 4.90 Å². The minimum Gasteiger partial charge on any atom is -0.497 e. The van der Waals surface area contributed by atoms with Gasteiger partial charge in [-0.3, -0.25) is 9.69 Å². The number of aliphatic imine (C=N–C) groups is 1. The molecule has 7 heteroatoms. The van der Waals surface area contributed by atoms with E-state index < -0.39 is 5.54 Å². The molecule has 168 valence electrons. The van der Waals surface area contributed by atoms with Crippen LogP contribution in [0.1, 0.15) is 36.8 Å². The molecule has 3 aliphatic rings. The van der Waals surface area contributed by atoms with Crippen LogP contribution in [0.2, 0.25) is 0 Å². The number of rotatable bonds is 4. The van der Waals surface area contributed by atoms with Gasteiger partial charge in [0, 0.05) is 25.6 Å². The van der Waals surface area contributed by atoms with Crippen LogP contribution in [0.25, 0.3) is 0 Å². The second-order valence-electron chi connectivity index (χ2n) is 9.04. The summed E-state index contributed by atoms with van der Waals surface area (Å²) in [4.78, 5) is 20.1. The number of carbonyl (C=O) groups excluding carboxylic acids is 1. The van der Waals surface area contributed by atoms with Crippen molar-refractivity contribution < 1.29 is 19.0 Å². The zero-order valence-corrected chi connectivity index (χ0v) is 18.8. The third kappa shape index (κ3) is 2.91. The minimum absolute atomic E-state index is 0.0526. The van der Waals surface area contributed by atoms with Crippen LogP contribution in [0.15, 0.2) is 47.5 Å². The topological polar surface area (TPSA) is 86.4 Å². The molecule has 1 unspecified atom stereocenters. The number of likely N-dealkylation sites (N-methyl/N-ethyl adjacent to an activating group) is 1. The van der Waals surface area contributed by atoms with Crippen molar-refractivity contribution in [3.05, 3.63) is 53.6 Å². The van der Waals surface area contributed by atoms with E-state index in [-0.39, 0.29) is 23.4 Å². The highest BCUT2D eigenvalue weighted by atomic mass is 16.5.